The van der Waals surface area contributed by atoms with Crippen molar-refractivity contribution in [2.45, 2.75) is 43.8 Å². The zero-order valence-electron chi connectivity index (χ0n) is 12.3. The van der Waals surface area contributed by atoms with E-state index in [-0.39, 0.29) is 11.7 Å². The maximum absolute atomic E-state index is 12.8. The van der Waals surface area contributed by atoms with Gasteiger partial charge in [-0.2, -0.15) is 0 Å². The van der Waals surface area contributed by atoms with Crippen molar-refractivity contribution < 1.29 is 9.18 Å². The number of carbonyl (C=O) groups excluding carboxylic acids is 1. The highest BCUT2D eigenvalue weighted by molar-refractivity contribution is 5.92. The van der Waals surface area contributed by atoms with Gasteiger partial charge in [0.1, 0.15) is 5.82 Å². The fraction of sp³-hybridized carbons (Fsp3) is 0.562. The summed E-state index contributed by atoms with van der Waals surface area (Å²) in [5.41, 5.74) is 0.639. The van der Waals surface area contributed by atoms with E-state index in [4.69, 9.17) is 0 Å². The molecule has 2 atom stereocenters. The van der Waals surface area contributed by atoms with Crippen LogP contribution in [0.5, 0.6) is 0 Å². The number of nitrogens with one attached hydrogen (secondary N) is 2. The Kier molecular flexibility index (Phi) is 4.22. The molecule has 5 heteroatoms. The van der Waals surface area contributed by atoms with E-state index in [0.29, 0.717) is 30.4 Å². The highest BCUT2D eigenvalue weighted by Crippen LogP contribution is 2.29. The van der Waals surface area contributed by atoms with E-state index in [0.717, 1.165) is 12.8 Å². The van der Waals surface area contributed by atoms with Crippen molar-refractivity contribution in [3.05, 3.63) is 30.1 Å². The van der Waals surface area contributed by atoms with E-state index < -0.39 is 0 Å². The summed E-state index contributed by atoms with van der Waals surface area (Å²) >= 11 is 0. The SMILES string of the molecule is CN(CC(=O)Nc1ccc(F)cc1)C1CC2CCC(C1)N2. The number of likely N-dealkylation sites (N-methyl/N-ethyl adjacent to an activating group) is 1. The average Bonchev–Trinajstić information content (AvgIpc) is 2.80. The van der Waals surface area contributed by atoms with Crippen LogP contribution in [0.1, 0.15) is 25.7 Å². The number of amides is 1. The molecule has 0 spiro atoms. The van der Waals surface area contributed by atoms with Gasteiger partial charge in [0.25, 0.3) is 0 Å². The van der Waals surface area contributed by atoms with Gasteiger partial charge in [-0.3, -0.25) is 9.69 Å². The number of carbonyl (C=O) groups is 1. The molecular formula is C16H22FN3O. The van der Waals surface area contributed by atoms with Crippen molar-refractivity contribution in [2.75, 3.05) is 18.9 Å². The minimum absolute atomic E-state index is 0.0463. The molecule has 0 saturated carbocycles. The summed E-state index contributed by atoms with van der Waals surface area (Å²) in [4.78, 5) is 14.2. The molecule has 2 heterocycles. The van der Waals surface area contributed by atoms with Crippen molar-refractivity contribution in [3.63, 3.8) is 0 Å². The molecule has 0 aromatic heterocycles. The molecule has 1 amide bonds. The summed E-state index contributed by atoms with van der Waals surface area (Å²) in [6.07, 6.45) is 4.77. The Morgan fingerprint density at radius 1 is 1.29 bits per heavy atom. The number of piperidine rings is 1. The molecule has 2 fully saturated rings. The van der Waals surface area contributed by atoms with E-state index in [9.17, 15) is 9.18 Å². The number of fused-ring (bicyclic) bond motifs is 2. The van der Waals surface area contributed by atoms with Crippen molar-refractivity contribution in [3.8, 4) is 0 Å². The Hall–Kier alpha value is -1.46. The third kappa shape index (κ3) is 3.60. The van der Waals surface area contributed by atoms with Crippen LogP contribution in [0.25, 0.3) is 0 Å². The Balaban J connectivity index is 1.51. The topological polar surface area (TPSA) is 44.4 Å². The van der Waals surface area contributed by atoms with Gasteiger partial charge < -0.3 is 10.6 Å². The minimum Gasteiger partial charge on any atom is -0.325 e. The van der Waals surface area contributed by atoms with Crippen LogP contribution < -0.4 is 10.6 Å². The first-order chi connectivity index (χ1) is 10.1. The smallest absolute Gasteiger partial charge is 0.238 e. The van der Waals surface area contributed by atoms with Gasteiger partial charge in [-0.05, 0) is 57.0 Å². The maximum Gasteiger partial charge on any atom is 0.238 e. The summed E-state index contributed by atoms with van der Waals surface area (Å²) in [7, 11) is 2.01. The molecule has 21 heavy (non-hydrogen) atoms. The molecule has 1 aromatic carbocycles. The molecule has 1 aromatic rings. The number of rotatable bonds is 4. The summed E-state index contributed by atoms with van der Waals surface area (Å²) in [6, 6.07) is 7.58. The van der Waals surface area contributed by atoms with Crippen molar-refractivity contribution in [1.82, 2.24) is 10.2 Å². The second kappa shape index (κ2) is 6.12. The second-order valence-corrected chi connectivity index (χ2v) is 6.23. The average molecular weight is 291 g/mol. The lowest BCUT2D eigenvalue weighted by atomic mass is 9.98. The highest BCUT2D eigenvalue weighted by Gasteiger charge is 2.35. The van der Waals surface area contributed by atoms with Crippen LogP contribution in [0.4, 0.5) is 10.1 Å². The Bertz CT molecular complexity index is 493. The van der Waals surface area contributed by atoms with E-state index in [1.807, 2.05) is 7.05 Å². The first kappa shape index (κ1) is 14.5. The quantitative estimate of drug-likeness (QED) is 0.891. The Morgan fingerprint density at radius 2 is 1.90 bits per heavy atom. The van der Waals surface area contributed by atoms with Crippen LogP contribution in [0, 0.1) is 5.82 Å². The van der Waals surface area contributed by atoms with Gasteiger partial charge in [0.15, 0.2) is 0 Å². The number of hydrogen-bond acceptors (Lipinski definition) is 3. The second-order valence-electron chi connectivity index (χ2n) is 6.23. The third-order valence-electron chi connectivity index (χ3n) is 4.59. The molecule has 2 N–H and O–H groups in total. The minimum atomic E-state index is -0.296. The fourth-order valence-corrected chi connectivity index (χ4v) is 3.48. The van der Waals surface area contributed by atoms with Crippen LogP contribution >= 0.6 is 0 Å². The molecule has 3 rings (SSSR count). The number of anilines is 1. The van der Waals surface area contributed by atoms with E-state index in [2.05, 4.69) is 15.5 Å². The fourth-order valence-electron chi connectivity index (χ4n) is 3.48. The van der Waals surface area contributed by atoms with Gasteiger partial charge in [-0.25, -0.2) is 4.39 Å². The lowest BCUT2D eigenvalue weighted by Gasteiger charge is -2.35. The molecule has 4 nitrogen and oxygen atoms in total. The molecule has 0 aliphatic carbocycles. The zero-order valence-corrected chi connectivity index (χ0v) is 12.3. The monoisotopic (exact) mass is 291 g/mol. The van der Waals surface area contributed by atoms with E-state index >= 15 is 0 Å². The standard InChI is InChI=1S/C16H22FN3O/c1-20(15-8-13-6-7-14(9-15)18-13)10-16(21)19-12-4-2-11(17)3-5-12/h2-5,13-15,18H,6-10H2,1H3,(H,19,21). The largest absolute Gasteiger partial charge is 0.325 e. The number of benzene rings is 1. The predicted octanol–water partition coefficient (Wildman–Crippen LogP) is 1.98. The van der Waals surface area contributed by atoms with Crippen LogP contribution in [0.3, 0.4) is 0 Å². The molecule has 114 valence electrons. The van der Waals surface area contributed by atoms with Crippen molar-refractivity contribution in [2.24, 2.45) is 0 Å². The molecular weight excluding hydrogens is 269 g/mol. The molecule has 2 unspecified atom stereocenters. The Labute approximate surface area is 124 Å². The first-order valence-electron chi connectivity index (χ1n) is 7.62. The van der Waals surface area contributed by atoms with Gasteiger partial charge in [0.05, 0.1) is 6.54 Å². The van der Waals surface area contributed by atoms with Gasteiger partial charge in [-0.15, -0.1) is 0 Å². The first-order valence-corrected chi connectivity index (χ1v) is 7.62. The molecule has 2 aliphatic rings. The van der Waals surface area contributed by atoms with Gasteiger partial charge >= 0.3 is 0 Å². The lowest BCUT2D eigenvalue weighted by molar-refractivity contribution is -0.117. The molecule has 0 radical (unpaired) electrons. The number of halogens is 1. The van der Waals surface area contributed by atoms with Crippen LogP contribution in [-0.4, -0.2) is 42.5 Å². The highest BCUT2D eigenvalue weighted by atomic mass is 19.1. The number of nitrogens with zero attached hydrogens (tertiary/aromatic N) is 1. The number of hydrogen-bond donors (Lipinski definition) is 2. The maximum atomic E-state index is 12.8. The van der Waals surface area contributed by atoms with Gasteiger partial charge in [-0.1, -0.05) is 0 Å². The lowest BCUT2D eigenvalue weighted by Crippen LogP contribution is -2.48. The summed E-state index contributed by atoms with van der Waals surface area (Å²) < 4.78 is 12.8. The molecule has 2 saturated heterocycles. The van der Waals surface area contributed by atoms with Crippen molar-refractivity contribution in [1.29, 1.82) is 0 Å². The predicted molar refractivity (Wildman–Crippen MR) is 80.6 cm³/mol. The van der Waals surface area contributed by atoms with E-state index in [1.54, 1.807) is 12.1 Å². The van der Waals surface area contributed by atoms with Gasteiger partial charge in [0.2, 0.25) is 5.91 Å². The third-order valence-corrected chi connectivity index (χ3v) is 4.59. The van der Waals surface area contributed by atoms with Crippen LogP contribution in [0.2, 0.25) is 0 Å². The Morgan fingerprint density at radius 3 is 2.52 bits per heavy atom. The van der Waals surface area contributed by atoms with Gasteiger partial charge in [0, 0.05) is 23.8 Å². The van der Waals surface area contributed by atoms with Crippen LogP contribution in [-0.2, 0) is 4.79 Å². The normalized spacial score (nSPS) is 27.9. The molecule has 2 aliphatic heterocycles. The molecule has 2 bridgehead atoms. The zero-order chi connectivity index (χ0) is 14.8. The summed E-state index contributed by atoms with van der Waals surface area (Å²) in [5.74, 6) is -0.342. The summed E-state index contributed by atoms with van der Waals surface area (Å²) in [5, 5.41) is 6.43. The van der Waals surface area contributed by atoms with E-state index in [1.165, 1.54) is 25.0 Å². The summed E-state index contributed by atoms with van der Waals surface area (Å²) in [6.45, 7) is 0.376. The van der Waals surface area contributed by atoms with Crippen molar-refractivity contribution >= 4 is 11.6 Å². The van der Waals surface area contributed by atoms with Crippen LogP contribution in [0.15, 0.2) is 24.3 Å².